The predicted octanol–water partition coefficient (Wildman–Crippen LogP) is 1.18. The Morgan fingerprint density at radius 1 is 1.50 bits per heavy atom. The molecule has 0 saturated carbocycles. The Labute approximate surface area is 97.6 Å². The van der Waals surface area contributed by atoms with Crippen molar-refractivity contribution in [2.45, 2.75) is 12.5 Å². The summed E-state index contributed by atoms with van der Waals surface area (Å²) in [5.41, 5.74) is 12.6. The molecule has 1 atom stereocenters. The summed E-state index contributed by atoms with van der Waals surface area (Å²) in [6.45, 7) is 0. The zero-order chi connectivity index (χ0) is 11.7. The molecule has 0 bridgehead atoms. The largest absolute Gasteiger partial charge is 0.368 e. The van der Waals surface area contributed by atoms with Crippen LogP contribution >= 0.6 is 11.6 Å². The normalized spacial score (nSPS) is 12.9. The number of rotatable bonds is 3. The van der Waals surface area contributed by atoms with Gasteiger partial charge in [0.1, 0.15) is 0 Å². The molecule has 0 saturated heterocycles. The fourth-order valence-electron chi connectivity index (χ4n) is 1.71. The van der Waals surface area contributed by atoms with Crippen molar-refractivity contribution >= 4 is 28.4 Å². The number of carbonyl (C=O) groups is 1. The molecule has 0 radical (unpaired) electrons. The van der Waals surface area contributed by atoms with Crippen molar-refractivity contribution in [2.75, 3.05) is 0 Å². The van der Waals surface area contributed by atoms with Crippen LogP contribution in [0.2, 0.25) is 5.02 Å². The van der Waals surface area contributed by atoms with Gasteiger partial charge in [0.05, 0.1) is 11.1 Å². The molecule has 0 spiro atoms. The summed E-state index contributed by atoms with van der Waals surface area (Å²) in [5.74, 6) is -0.513. The molecular formula is C11H12ClN3O. The number of halogens is 1. The van der Waals surface area contributed by atoms with Gasteiger partial charge in [-0.1, -0.05) is 17.7 Å². The number of amides is 1. The van der Waals surface area contributed by atoms with Crippen LogP contribution in [0.15, 0.2) is 24.4 Å². The first-order valence-electron chi connectivity index (χ1n) is 4.89. The lowest BCUT2D eigenvalue weighted by Crippen LogP contribution is -2.38. The molecule has 1 aromatic carbocycles. The van der Waals surface area contributed by atoms with Gasteiger partial charge in [-0.2, -0.15) is 0 Å². The number of H-pyrrole nitrogens is 1. The fraction of sp³-hybridized carbons (Fsp3) is 0.182. The van der Waals surface area contributed by atoms with Gasteiger partial charge in [-0.25, -0.2) is 0 Å². The maximum atomic E-state index is 10.9. The van der Waals surface area contributed by atoms with Gasteiger partial charge in [-0.05, 0) is 24.1 Å². The number of primary amides is 1. The van der Waals surface area contributed by atoms with Gasteiger partial charge in [-0.15, -0.1) is 0 Å². The Bertz CT molecular complexity index is 535. The van der Waals surface area contributed by atoms with E-state index in [2.05, 4.69) is 4.98 Å². The summed E-state index contributed by atoms with van der Waals surface area (Å²) in [4.78, 5) is 14.0. The first-order chi connectivity index (χ1) is 7.59. The topological polar surface area (TPSA) is 84.9 Å². The van der Waals surface area contributed by atoms with Crippen molar-refractivity contribution in [3.8, 4) is 0 Å². The first kappa shape index (κ1) is 11.0. The van der Waals surface area contributed by atoms with E-state index >= 15 is 0 Å². The Morgan fingerprint density at radius 3 is 2.94 bits per heavy atom. The number of fused-ring (bicyclic) bond motifs is 1. The van der Waals surface area contributed by atoms with E-state index in [0.29, 0.717) is 11.4 Å². The summed E-state index contributed by atoms with van der Waals surface area (Å²) in [6.07, 6.45) is 2.19. The fourth-order valence-corrected chi connectivity index (χ4v) is 2.00. The quantitative estimate of drug-likeness (QED) is 0.749. The van der Waals surface area contributed by atoms with Crippen LogP contribution in [-0.4, -0.2) is 16.9 Å². The van der Waals surface area contributed by atoms with Crippen molar-refractivity contribution in [3.05, 3.63) is 35.0 Å². The van der Waals surface area contributed by atoms with Crippen LogP contribution in [0.1, 0.15) is 5.56 Å². The molecule has 0 aliphatic rings. The van der Waals surface area contributed by atoms with Crippen molar-refractivity contribution in [1.82, 2.24) is 4.98 Å². The Morgan fingerprint density at radius 2 is 2.25 bits per heavy atom. The summed E-state index contributed by atoms with van der Waals surface area (Å²) in [6, 6.07) is 4.89. The molecule has 0 fully saturated rings. The van der Waals surface area contributed by atoms with Crippen LogP contribution in [0.4, 0.5) is 0 Å². The lowest BCUT2D eigenvalue weighted by Gasteiger charge is -2.06. The Balaban J connectivity index is 2.42. The smallest absolute Gasteiger partial charge is 0.234 e. The molecule has 2 rings (SSSR count). The molecule has 1 amide bonds. The lowest BCUT2D eigenvalue weighted by molar-refractivity contribution is -0.119. The maximum absolute atomic E-state index is 10.9. The highest BCUT2D eigenvalue weighted by Crippen LogP contribution is 2.27. The second kappa shape index (κ2) is 4.15. The van der Waals surface area contributed by atoms with Gasteiger partial charge in [0.25, 0.3) is 0 Å². The van der Waals surface area contributed by atoms with Crippen LogP contribution in [0.25, 0.3) is 10.9 Å². The zero-order valence-electron chi connectivity index (χ0n) is 8.53. The van der Waals surface area contributed by atoms with Gasteiger partial charge in [-0.3, -0.25) is 4.79 Å². The Hall–Kier alpha value is -1.52. The number of nitrogens with one attached hydrogen (secondary N) is 1. The van der Waals surface area contributed by atoms with Gasteiger partial charge < -0.3 is 16.5 Å². The van der Waals surface area contributed by atoms with Gasteiger partial charge in [0.2, 0.25) is 5.91 Å². The molecule has 5 N–H and O–H groups in total. The van der Waals surface area contributed by atoms with E-state index in [-0.39, 0.29) is 0 Å². The predicted molar refractivity (Wildman–Crippen MR) is 64.2 cm³/mol. The summed E-state index contributed by atoms with van der Waals surface area (Å²) >= 11 is 6.09. The highest BCUT2D eigenvalue weighted by molar-refractivity contribution is 6.35. The van der Waals surface area contributed by atoms with E-state index in [9.17, 15) is 4.79 Å². The number of nitrogens with two attached hydrogens (primary N) is 2. The third-order valence-corrected chi connectivity index (χ3v) is 2.86. The monoisotopic (exact) mass is 237 g/mol. The molecule has 2 aromatic rings. The van der Waals surface area contributed by atoms with E-state index in [1.165, 1.54) is 0 Å². The van der Waals surface area contributed by atoms with Crippen LogP contribution in [0, 0.1) is 0 Å². The third kappa shape index (κ3) is 1.89. The molecule has 4 nitrogen and oxygen atoms in total. The van der Waals surface area contributed by atoms with E-state index in [4.69, 9.17) is 23.1 Å². The minimum Gasteiger partial charge on any atom is -0.368 e. The minimum absolute atomic E-state index is 0.388. The van der Waals surface area contributed by atoms with E-state index in [0.717, 1.165) is 16.5 Å². The summed E-state index contributed by atoms with van der Waals surface area (Å²) in [7, 11) is 0. The summed E-state index contributed by atoms with van der Waals surface area (Å²) in [5, 5.41) is 1.55. The number of hydrogen-bond donors (Lipinski definition) is 3. The van der Waals surface area contributed by atoms with Gasteiger partial charge in [0.15, 0.2) is 0 Å². The number of carbonyl (C=O) groups excluding carboxylic acids is 1. The average Bonchev–Trinajstić information content (AvgIpc) is 2.63. The van der Waals surface area contributed by atoms with Crippen LogP contribution < -0.4 is 11.5 Å². The minimum atomic E-state index is -0.685. The molecule has 16 heavy (non-hydrogen) atoms. The second-order valence-corrected chi connectivity index (χ2v) is 4.10. The van der Waals surface area contributed by atoms with Gasteiger partial charge >= 0.3 is 0 Å². The highest BCUT2D eigenvalue weighted by Gasteiger charge is 2.14. The molecular weight excluding hydrogens is 226 g/mol. The molecule has 0 aliphatic heterocycles. The second-order valence-electron chi connectivity index (χ2n) is 3.69. The third-order valence-electron chi connectivity index (χ3n) is 2.54. The number of aromatic amines is 1. The van der Waals surface area contributed by atoms with E-state index in [1.807, 2.05) is 12.1 Å². The first-order valence-corrected chi connectivity index (χ1v) is 5.26. The number of aromatic nitrogens is 1. The van der Waals surface area contributed by atoms with Gasteiger partial charge in [0, 0.05) is 17.1 Å². The highest BCUT2D eigenvalue weighted by atomic mass is 35.5. The maximum Gasteiger partial charge on any atom is 0.234 e. The molecule has 1 unspecified atom stereocenters. The van der Waals surface area contributed by atoms with Crippen molar-refractivity contribution in [1.29, 1.82) is 0 Å². The van der Waals surface area contributed by atoms with Crippen molar-refractivity contribution < 1.29 is 4.79 Å². The molecule has 1 heterocycles. The van der Waals surface area contributed by atoms with E-state index in [1.54, 1.807) is 12.3 Å². The number of benzene rings is 1. The standard InChI is InChI=1S/C11H12ClN3O/c12-7-2-1-3-9-10(7)6(5-15-9)4-8(13)11(14)16/h1-3,5,8,15H,4,13H2,(H2,14,16). The van der Waals surface area contributed by atoms with Crippen LogP contribution in [0.3, 0.4) is 0 Å². The van der Waals surface area contributed by atoms with Crippen LogP contribution in [-0.2, 0) is 11.2 Å². The molecule has 84 valence electrons. The van der Waals surface area contributed by atoms with Crippen molar-refractivity contribution in [2.24, 2.45) is 11.5 Å². The summed E-state index contributed by atoms with van der Waals surface area (Å²) < 4.78 is 0. The SMILES string of the molecule is NC(=O)C(N)Cc1c[nH]c2cccc(Cl)c12. The average molecular weight is 238 g/mol. The Kier molecular flexibility index (Phi) is 2.85. The molecule has 5 heteroatoms. The van der Waals surface area contributed by atoms with Crippen molar-refractivity contribution in [3.63, 3.8) is 0 Å². The van der Waals surface area contributed by atoms with E-state index < -0.39 is 11.9 Å². The number of hydrogen-bond acceptors (Lipinski definition) is 2. The molecule has 0 aliphatic carbocycles. The molecule has 1 aromatic heterocycles. The zero-order valence-corrected chi connectivity index (χ0v) is 9.29. The lowest BCUT2D eigenvalue weighted by atomic mass is 10.1. The van der Waals surface area contributed by atoms with Crippen LogP contribution in [0.5, 0.6) is 0 Å².